The summed E-state index contributed by atoms with van der Waals surface area (Å²) in [5.74, 6) is -1.06. The molecule has 0 unspecified atom stereocenters. The molecule has 1 aromatic carbocycles. The Balaban J connectivity index is 2.70. The van der Waals surface area contributed by atoms with E-state index in [-0.39, 0.29) is 5.76 Å². The summed E-state index contributed by atoms with van der Waals surface area (Å²) in [6.45, 7) is 0. The minimum absolute atomic E-state index is 0.0200. The van der Waals surface area contributed by atoms with Gasteiger partial charge in [-0.2, -0.15) is 0 Å². The van der Waals surface area contributed by atoms with Gasteiger partial charge < -0.3 is 9.52 Å². The number of para-hydroxylation sites is 1. The summed E-state index contributed by atoms with van der Waals surface area (Å²) in [5.41, 5.74) is 1.59. The first kappa shape index (κ1) is 9.27. The normalized spacial score (nSPS) is 10.6. The van der Waals surface area contributed by atoms with E-state index in [1.54, 1.807) is 0 Å². The molecule has 14 heavy (non-hydrogen) atoms. The molecule has 2 rings (SSSR count). The second-order valence-electron chi connectivity index (χ2n) is 2.88. The molecular weight excluding hydrogens is 248 g/mol. The number of halogens is 1. The van der Waals surface area contributed by atoms with Crippen LogP contribution in [0.1, 0.15) is 16.1 Å². The Morgan fingerprint density at radius 2 is 2.29 bits per heavy atom. The number of furan rings is 1. The Labute approximate surface area is 88.5 Å². The summed E-state index contributed by atoms with van der Waals surface area (Å²) in [6, 6.07) is 7.13. The Kier molecular flexibility index (Phi) is 2.29. The monoisotopic (exact) mass is 254 g/mol. The van der Waals surface area contributed by atoms with Crippen molar-refractivity contribution < 1.29 is 14.3 Å². The Morgan fingerprint density at radius 3 is 2.93 bits per heavy atom. The largest absolute Gasteiger partial charge is 0.475 e. The lowest BCUT2D eigenvalue weighted by molar-refractivity contribution is 0.0665. The predicted molar refractivity (Wildman–Crippen MR) is 55.8 cm³/mol. The summed E-state index contributed by atoms with van der Waals surface area (Å²) >= 11 is 3.32. The number of carboxylic acids is 1. The van der Waals surface area contributed by atoms with Crippen molar-refractivity contribution in [2.75, 3.05) is 0 Å². The molecule has 2 aromatic rings. The van der Waals surface area contributed by atoms with Crippen LogP contribution in [0, 0.1) is 0 Å². The molecule has 4 heteroatoms. The highest BCUT2D eigenvalue weighted by atomic mass is 79.9. The van der Waals surface area contributed by atoms with E-state index in [4.69, 9.17) is 9.52 Å². The zero-order chi connectivity index (χ0) is 10.1. The van der Waals surface area contributed by atoms with Crippen LogP contribution in [0.3, 0.4) is 0 Å². The van der Waals surface area contributed by atoms with E-state index in [0.29, 0.717) is 10.9 Å². The van der Waals surface area contributed by atoms with Crippen molar-refractivity contribution in [1.29, 1.82) is 0 Å². The van der Waals surface area contributed by atoms with Crippen LogP contribution in [-0.2, 0) is 5.33 Å². The van der Waals surface area contributed by atoms with Crippen molar-refractivity contribution in [3.63, 3.8) is 0 Å². The molecule has 0 spiro atoms. The second-order valence-corrected chi connectivity index (χ2v) is 3.45. The van der Waals surface area contributed by atoms with Crippen LogP contribution in [0.25, 0.3) is 11.0 Å². The zero-order valence-electron chi connectivity index (χ0n) is 7.16. The molecule has 0 aliphatic carbocycles. The molecule has 0 aliphatic heterocycles. The first-order chi connectivity index (χ1) is 6.72. The summed E-state index contributed by atoms with van der Waals surface area (Å²) in [6.07, 6.45) is 0. The summed E-state index contributed by atoms with van der Waals surface area (Å²) < 4.78 is 5.22. The van der Waals surface area contributed by atoms with E-state index in [2.05, 4.69) is 15.9 Å². The van der Waals surface area contributed by atoms with Crippen molar-refractivity contribution in [1.82, 2.24) is 0 Å². The van der Waals surface area contributed by atoms with Gasteiger partial charge in [0.15, 0.2) is 0 Å². The molecule has 3 nitrogen and oxygen atoms in total. The highest BCUT2D eigenvalue weighted by Crippen LogP contribution is 2.24. The van der Waals surface area contributed by atoms with Crippen LogP contribution >= 0.6 is 15.9 Å². The van der Waals surface area contributed by atoms with Crippen molar-refractivity contribution in [3.05, 3.63) is 35.6 Å². The van der Waals surface area contributed by atoms with Gasteiger partial charge in [0.25, 0.3) is 0 Å². The van der Waals surface area contributed by atoms with Gasteiger partial charge >= 0.3 is 5.97 Å². The van der Waals surface area contributed by atoms with Gasteiger partial charge in [0.05, 0.1) is 0 Å². The van der Waals surface area contributed by atoms with E-state index in [9.17, 15) is 4.79 Å². The van der Waals surface area contributed by atoms with E-state index in [1.807, 2.05) is 18.2 Å². The highest BCUT2D eigenvalue weighted by molar-refractivity contribution is 9.08. The van der Waals surface area contributed by atoms with Crippen LogP contribution < -0.4 is 0 Å². The third kappa shape index (κ3) is 1.42. The first-order valence-corrected chi connectivity index (χ1v) is 5.15. The van der Waals surface area contributed by atoms with Crippen molar-refractivity contribution in [3.8, 4) is 0 Å². The number of carbonyl (C=O) groups is 1. The fraction of sp³-hybridized carbons (Fsp3) is 0.100. The number of carboxylic acid groups (broad SMARTS) is 1. The van der Waals surface area contributed by atoms with Crippen molar-refractivity contribution in [2.24, 2.45) is 0 Å². The van der Waals surface area contributed by atoms with Crippen LogP contribution in [-0.4, -0.2) is 11.1 Å². The topological polar surface area (TPSA) is 50.4 Å². The maximum absolute atomic E-state index is 10.7. The minimum Gasteiger partial charge on any atom is -0.475 e. The molecular formula is C10H7BrO3. The number of hydrogen-bond donors (Lipinski definition) is 1. The number of benzene rings is 1. The Bertz CT molecular complexity index is 487. The first-order valence-electron chi connectivity index (χ1n) is 4.03. The van der Waals surface area contributed by atoms with Gasteiger partial charge in [-0.25, -0.2) is 4.79 Å². The van der Waals surface area contributed by atoms with E-state index < -0.39 is 5.97 Å². The molecule has 0 atom stereocenters. The van der Waals surface area contributed by atoms with Gasteiger partial charge in [-0.3, -0.25) is 0 Å². The van der Waals surface area contributed by atoms with Crippen molar-refractivity contribution >= 4 is 32.9 Å². The van der Waals surface area contributed by atoms with Gasteiger partial charge in [0.1, 0.15) is 5.58 Å². The van der Waals surface area contributed by atoms with E-state index in [1.165, 1.54) is 6.07 Å². The fourth-order valence-electron chi connectivity index (χ4n) is 1.33. The molecule has 0 bridgehead atoms. The summed E-state index contributed by atoms with van der Waals surface area (Å²) in [4.78, 5) is 10.7. The van der Waals surface area contributed by atoms with Gasteiger partial charge in [-0.1, -0.05) is 34.1 Å². The number of aromatic carboxylic acids is 1. The van der Waals surface area contributed by atoms with Gasteiger partial charge in [-0.05, 0) is 6.07 Å². The number of alkyl halides is 1. The van der Waals surface area contributed by atoms with Crippen LogP contribution in [0.15, 0.2) is 28.7 Å². The summed E-state index contributed by atoms with van der Waals surface area (Å²) in [7, 11) is 0. The molecule has 1 N–H and O–H groups in total. The molecule has 0 amide bonds. The molecule has 1 heterocycles. The van der Waals surface area contributed by atoms with Gasteiger partial charge in [0, 0.05) is 16.3 Å². The highest BCUT2D eigenvalue weighted by Gasteiger charge is 2.11. The molecule has 0 aliphatic rings. The third-order valence-electron chi connectivity index (χ3n) is 1.98. The molecule has 0 saturated heterocycles. The molecule has 0 radical (unpaired) electrons. The molecule has 0 fully saturated rings. The SMILES string of the molecule is O=C(O)c1cc2cccc(CBr)c2o1. The maximum atomic E-state index is 10.7. The number of fused-ring (bicyclic) bond motifs is 1. The second kappa shape index (κ2) is 3.46. The molecule has 1 aromatic heterocycles. The average Bonchev–Trinajstić information content (AvgIpc) is 2.60. The lowest BCUT2D eigenvalue weighted by atomic mass is 10.2. The van der Waals surface area contributed by atoms with Gasteiger partial charge in [0.2, 0.25) is 5.76 Å². The maximum Gasteiger partial charge on any atom is 0.371 e. The van der Waals surface area contributed by atoms with E-state index in [0.717, 1.165) is 10.9 Å². The average molecular weight is 255 g/mol. The minimum atomic E-state index is -1.04. The predicted octanol–water partition coefficient (Wildman–Crippen LogP) is 3.03. The third-order valence-corrected chi connectivity index (χ3v) is 2.58. The Hall–Kier alpha value is -1.29. The lowest BCUT2D eigenvalue weighted by Crippen LogP contribution is -1.91. The smallest absolute Gasteiger partial charge is 0.371 e. The number of hydrogen-bond acceptors (Lipinski definition) is 2. The molecule has 0 saturated carbocycles. The Morgan fingerprint density at radius 1 is 1.50 bits per heavy atom. The van der Waals surface area contributed by atoms with E-state index >= 15 is 0 Å². The number of rotatable bonds is 2. The van der Waals surface area contributed by atoms with Crippen LogP contribution in [0.5, 0.6) is 0 Å². The standard InChI is InChI=1S/C10H7BrO3/c11-5-7-3-1-2-6-4-8(10(12)13)14-9(6)7/h1-4H,5H2,(H,12,13). The van der Waals surface area contributed by atoms with Crippen molar-refractivity contribution in [2.45, 2.75) is 5.33 Å². The van der Waals surface area contributed by atoms with Crippen LogP contribution in [0.2, 0.25) is 0 Å². The van der Waals surface area contributed by atoms with Gasteiger partial charge in [-0.15, -0.1) is 0 Å². The quantitative estimate of drug-likeness (QED) is 0.839. The van der Waals surface area contributed by atoms with Crippen LogP contribution in [0.4, 0.5) is 0 Å². The fourth-order valence-corrected chi connectivity index (χ4v) is 1.78. The summed E-state index contributed by atoms with van der Waals surface area (Å²) in [5, 5.41) is 10.2. The lowest BCUT2D eigenvalue weighted by Gasteiger charge is -1.94. The zero-order valence-corrected chi connectivity index (χ0v) is 8.74. The molecule has 72 valence electrons.